The number of aryl methyl sites for hydroxylation is 1. The Bertz CT molecular complexity index is 1520. The molecule has 13 heteroatoms. The van der Waals surface area contributed by atoms with Gasteiger partial charge in [-0.2, -0.15) is 0 Å². The van der Waals surface area contributed by atoms with Crippen LogP contribution in [-0.2, 0) is 11.3 Å². The number of hydrogen-bond donors (Lipinski definition) is 2. The van der Waals surface area contributed by atoms with Gasteiger partial charge in [0.15, 0.2) is 16.1 Å². The summed E-state index contributed by atoms with van der Waals surface area (Å²) in [5, 5.41) is 26.6. The highest BCUT2D eigenvalue weighted by atomic mass is 32.2. The number of thioether (sulfide) groups is 1. The summed E-state index contributed by atoms with van der Waals surface area (Å²) in [5.41, 5.74) is 1.86. The Balaban J connectivity index is 1.44. The molecule has 11 nitrogen and oxygen atoms in total. The van der Waals surface area contributed by atoms with Gasteiger partial charge >= 0.3 is 0 Å². The van der Waals surface area contributed by atoms with Gasteiger partial charge in [0.2, 0.25) is 5.91 Å². The van der Waals surface area contributed by atoms with Crippen molar-refractivity contribution >= 4 is 45.7 Å². The second kappa shape index (κ2) is 12.8. The van der Waals surface area contributed by atoms with Crippen molar-refractivity contribution in [2.75, 3.05) is 11.1 Å². The Morgan fingerprint density at radius 2 is 1.88 bits per heavy atom. The summed E-state index contributed by atoms with van der Waals surface area (Å²) in [6, 6.07) is 14.9. The van der Waals surface area contributed by atoms with Gasteiger partial charge in [-0.05, 0) is 25.8 Å². The minimum Gasteiger partial charge on any atom is -0.342 e. The largest absolute Gasteiger partial charge is 0.342 e. The Morgan fingerprint density at radius 3 is 2.55 bits per heavy atom. The normalized spacial score (nSPS) is 11.8. The summed E-state index contributed by atoms with van der Waals surface area (Å²) >= 11 is 2.66. The molecule has 2 heterocycles. The summed E-state index contributed by atoms with van der Waals surface area (Å²) in [4.78, 5) is 41.9. The second-order valence-electron chi connectivity index (χ2n) is 9.21. The lowest BCUT2D eigenvalue weighted by Gasteiger charge is -2.22. The van der Waals surface area contributed by atoms with Gasteiger partial charge in [0.05, 0.1) is 22.4 Å². The molecule has 0 aliphatic carbocycles. The number of nitro groups is 1. The van der Waals surface area contributed by atoms with Gasteiger partial charge in [-0.15, -0.1) is 21.5 Å². The lowest BCUT2D eigenvalue weighted by Crippen LogP contribution is -2.33. The van der Waals surface area contributed by atoms with E-state index >= 15 is 0 Å². The van der Waals surface area contributed by atoms with Crippen molar-refractivity contribution in [1.29, 1.82) is 0 Å². The number of carbonyl (C=O) groups excluding carboxylic acids is 2. The highest BCUT2D eigenvalue weighted by Crippen LogP contribution is 2.31. The van der Waals surface area contributed by atoms with Gasteiger partial charge in [0.25, 0.3) is 11.6 Å². The van der Waals surface area contributed by atoms with Crippen LogP contribution in [0.4, 0.5) is 10.8 Å². The van der Waals surface area contributed by atoms with Crippen LogP contribution in [0.2, 0.25) is 0 Å². The Labute approximate surface area is 239 Å². The summed E-state index contributed by atoms with van der Waals surface area (Å²) in [7, 11) is 0. The smallest absolute Gasteiger partial charge is 0.270 e. The van der Waals surface area contributed by atoms with Crippen LogP contribution in [0.3, 0.4) is 0 Å². The molecular formula is C27H29N7O4S2. The number of nitrogens with zero attached hydrogens (tertiary/aromatic N) is 5. The van der Waals surface area contributed by atoms with Gasteiger partial charge in [-0.3, -0.25) is 19.7 Å². The van der Waals surface area contributed by atoms with Crippen molar-refractivity contribution in [3.8, 4) is 11.3 Å². The van der Waals surface area contributed by atoms with Gasteiger partial charge in [0, 0.05) is 34.7 Å². The maximum atomic E-state index is 13.0. The fraction of sp³-hybridized carbons (Fsp3) is 0.296. The monoisotopic (exact) mass is 579 g/mol. The average Bonchev–Trinajstić information content (AvgIpc) is 3.52. The van der Waals surface area contributed by atoms with Crippen molar-refractivity contribution in [1.82, 2.24) is 25.1 Å². The number of aromatic nitrogens is 4. The first-order chi connectivity index (χ1) is 19.2. The molecule has 0 unspecified atom stereocenters. The molecule has 2 amide bonds. The van der Waals surface area contributed by atoms with Crippen molar-refractivity contribution in [2.45, 2.75) is 45.4 Å². The summed E-state index contributed by atoms with van der Waals surface area (Å²) in [5.74, 6) is -0.0724. The van der Waals surface area contributed by atoms with Crippen LogP contribution in [0.25, 0.3) is 11.3 Å². The van der Waals surface area contributed by atoms with Gasteiger partial charge < -0.3 is 15.2 Å². The molecule has 40 heavy (non-hydrogen) atoms. The fourth-order valence-electron chi connectivity index (χ4n) is 4.05. The predicted octanol–water partition coefficient (Wildman–Crippen LogP) is 5.50. The van der Waals surface area contributed by atoms with Crippen molar-refractivity contribution in [2.24, 2.45) is 5.92 Å². The molecule has 0 saturated carbocycles. The van der Waals surface area contributed by atoms with Crippen LogP contribution >= 0.6 is 23.1 Å². The topological polar surface area (TPSA) is 145 Å². The van der Waals surface area contributed by atoms with E-state index in [1.807, 2.05) is 62.6 Å². The highest BCUT2D eigenvalue weighted by molar-refractivity contribution is 7.99. The molecule has 2 N–H and O–H groups in total. The van der Waals surface area contributed by atoms with Crippen LogP contribution in [0, 0.1) is 23.0 Å². The summed E-state index contributed by atoms with van der Waals surface area (Å²) in [6.45, 7) is 8.30. The van der Waals surface area contributed by atoms with E-state index < -0.39 is 16.9 Å². The van der Waals surface area contributed by atoms with E-state index in [4.69, 9.17) is 0 Å². The van der Waals surface area contributed by atoms with E-state index in [9.17, 15) is 19.7 Å². The quantitative estimate of drug-likeness (QED) is 0.135. The molecule has 2 aromatic carbocycles. The van der Waals surface area contributed by atoms with Crippen LogP contribution in [0.1, 0.15) is 47.9 Å². The van der Waals surface area contributed by atoms with Gasteiger partial charge in [0.1, 0.15) is 0 Å². The summed E-state index contributed by atoms with van der Waals surface area (Å²) in [6.07, 6.45) is 0. The van der Waals surface area contributed by atoms with Crippen LogP contribution in [0.5, 0.6) is 0 Å². The Hall–Kier alpha value is -4.10. The second-order valence-corrected chi connectivity index (χ2v) is 11.4. The Morgan fingerprint density at radius 1 is 1.12 bits per heavy atom. The molecule has 4 aromatic rings. The van der Waals surface area contributed by atoms with E-state index in [-0.39, 0.29) is 28.8 Å². The van der Waals surface area contributed by atoms with Crippen LogP contribution < -0.4 is 10.6 Å². The third-order valence-electron chi connectivity index (χ3n) is 6.03. The first kappa shape index (κ1) is 28.9. The number of nitro benzene ring substituents is 1. The molecule has 0 bridgehead atoms. The lowest BCUT2D eigenvalue weighted by molar-refractivity contribution is -0.384. The molecule has 0 fully saturated rings. The number of rotatable bonds is 11. The minimum absolute atomic E-state index is 0.0507. The first-order valence-corrected chi connectivity index (χ1v) is 14.4. The molecular weight excluding hydrogens is 550 g/mol. The molecule has 4 rings (SSSR count). The molecule has 0 aliphatic heterocycles. The molecule has 0 aliphatic rings. The molecule has 0 spiro atoms. The lowest BCUT2D eigenvalue weighted by atomic mass is 10.0. The first-order valence-electron chi connectivity index (χ1n) is 12.6. The number of amides is 2. The van der Waals surface area contributed by atoms with Crippen LogP contribution in [-0.4, -0.2) is 42.2 Å². The van der Waals surface area contributed by atoms with E-state index in [2.05, 4.69) is 25.8 Å². The van der Waals surface area contributed by atoms with E-state index in [1.165, 1.54) is 47.4 Å². The molecule has 0 radical (unpaired) electrons. The van der Waals surface area contributed by atoms with Crippen molar-refractivity contribution < 1.29 is 14.5 Å². The number of non-ortho nitro benzene ring substituents is 1. The van der Waals surface area contributed by atoms with E-state index in [0.29, 0.717) is 22.7 Å². The van der Waals surface area contributed by atoms with Crippen molar-refractivity contribution in [3.63, 3.8) is 0 Å². The summed E-state index contributed by atoms with van der Waals surface area (Å²) < 4.78 is 1.86. The number of thiazole rings is 1. The number of benzene rings is 2. The average molecular weight is 580 g/mol. The molecule has 0 saturated heterocycles. The standard InChI is InChI=1S/C27H29N7O4S2/c1-5-33-24(22(16(2)3)29-25(36)19-12-9-13-20(14-19)34(37)38)31-32-27(33)39-15-21(35)28-26-30-23(17(4)40-26)18-10-7-6-8-11-18/h6-14,16,22H,5,15H2,1-4H3,(H,29,36)(H,28,30,35)/t22-/m0/s1. The highest BCUT2D eigenvalue weighted by Gasteiger charge is 2.27. The van der Waals surface area contributed by atoms with Crippen molar-refractivity contribution in [3.05, 3.63) is 81.0 Å². The fourth-order valence-corrected chi connectivity index (χ4v) is 5.71. The number of hydrogen-bond acceptors (Lipinski definition) is 9. The number of anilines is 1. The Kier molecular flexibility index (Phi) is 9.27. The predicted molar refractivity (Wildman–Crippen MR) is 155 cm³/mol. The zero-order valence-corrected chi connectivity index (χ0v) is 24.1. The van der Waals surface area contributed by atoms with Gasteiger partial charge in [-0.25, -0.2) is 4.98 Å². The molecule has 208 valence electrons. The molecule has 2 aromatic heterocycles. The molecule has 1 atom stereocenters. The van der Waals surface area contributed by atoms with E-state index in [1.54, 1.807) is 0 Å². The third-order valence-corrected chi connectivity index (χ3v) is 7.89. The zero-order valence-electron chi connectivity index (χ0n) is 22.5. The maximum absolute atomic E-state index is 13.0. The van der Waals surface area contributed by atoms with Gasteiger partial charge in [-0.1, -0.05) is 62.0 Å². The van der Waals surface area contributed by atoms with Crippen LogP contribution in [0.15, 0.2) is 59.8 Å². The number of carbonyl (C=O) groups is 2. The SMILES string of the molecule is CCn1c(SCC(=O)Nc2nc(-c3ccccc3)c(C)s2)nnc1[C@@H](NC(=O)c1cccc([N+](=O)[O-])c1)C(C)C. The maximum Gasteiger partial charge on any atom is 0.270 e. The van der Waals surface area contributed by atoms with E-state index in [0.717, 1.165) is 16.1 Å². The minimum atomic E-state index is -0.540. The third kappa shape index (κ3) is 6.72. The number of nitrogens with one attached hydrogen (secondary N) is 2. The zero-order chi connectivity index (χ0) is 28.8.